The molecule has 0 N–H and O–H groups in total. The Morgan fingerprint density at radius 2 is 2.15 bits per heavy atom. The molecule has 0 unspecified atom stereocenters. The molecule has 0 radical (unpaired) electrons. The van der Waals surface area contributed by atoms with Gasteiger partial charge in [0.15, 0.2) is 0 Å². The summed E-state index contributed by atoms with van der Waals surface area (Å²) in [4.78, 5) is 10.9. The molecule has 2 heteroatoms. The maximum absolute atomic E-state index is 10.9. The molecule has 0 spiro atoms. The van der Waals surface area contributed by atoms with Gasteiger partial charge in [0.05, 0.1) is 6.26 Å². The second kappa shape index (κ2) is 8.78. The van der Waals surface area contributed by atoms with Crippen molar-refractivity contribution in [1.82, 2.24) is 0 Å². The molecular formula is C11H16O2. The van der Waals surface area contributed by atoms with Crippen molar-refractivity contribution in [3.05, 3.63) is 37.1 Å². The number of hydrogen-bond donors (Lipinski definition) is 0. The van der Waals surface area contributed by atoms with Gasteiger partial charge in [0.1, 0.15) is 0 Å². The van der Waals surface area contributed by atoms with Gasteiger partial charge >= 0.3 is 5.97 Å². The minimum absolute atomic E-state index is 0.176. The van der Waals surface area contributed by atoms with E-state index in [0.29, 0.717) is 6.42 Å². The van der Waals surface area contributed by atoms with E-state index in [4.69, 9.17) is 4.74 Å². The van der Waals surface area contributed by atoms with Gasteiger partial charge in [-0.1, -0.05) is 38.2 Å². The molecule has 0 aliphatic carbocycles. The van der Waals surface area contributed by atoms with Crippen molar-refractivity contribution in [2.45, 2.75) is 26.2 Å². The first-order chi connectivity index (χ1) is 6.31. The Morgan fingerprint density at radius 1 is 1.38 bits per heavy atom. The molecule has 0 saturated heterocycles. The van der Waals surface area contributed by atoms with Crippen LogP contribution in [0.25, 0.3) is 0 Å². The van der Waals surface area contributed by atoms with Crippen LogP contribution in [0, 0.1) is 0 Å². The summed E-state index contributed by atoms with van der Waals surface area (Å²) in [5, 5.41) is 0. The number of unbranched alkanes of at least 4 members (excludes halogenated alkanes) is 1. The summed E-state index contributed by atoms with van der Waals surface area (Å²) in [7, 11) is 0. The molecule has 0 aromatic carbocycles. The highest BCUT2D eigenvalue weighted by Crippen LogP contribution is 1.96. The molecule has 2 nitrogen and oxygen atoms in total. The molecule has 0 rings (SSSR count). The predicted molar refractivity (Wildman–Crippen MR) is 54.1 cm³/mol. The zero-order valence-corrected chi connectivity index (χ0v) is 8.03. The van der Waals surface area contributed by atoms with E-state index in [1.54, 1.807) is 24.3 Å². The monoisotopic (exact) mass is 180 g/mol. The van der Waals surface area contributed by atoms with E-state index < -0.39 is 0 Å². The van der Waals surface area contributed by atoms with Gasteiger partial charge in [-0.2, -0.15) is 0 Å². The summed E-state index contributed by atoms with van der Waals surface area (Å²) in [5.74, 6) is -0.176. The third-order valence-electron chi connectivity index (χ3n) is 1.37. The third-order valence-corrected chi connectivity index (χ3v) is 1.37. The minimum Gasteiger partial charge on any atom is -0.434 e. The highest BCUT2D eigenvalue weighted by Gasteiger charge is 1.97. The highest BCUT2D eigenvalue weighted by molar-refractivity contribution is 5.69. The van der Waals surface area contributed by atoms with Crippen molar-refractivity contribution in [2.24, 2.45) is 0 Å². The first kappa shape index (κ1) is 11.7. The fourth-order valence-electron chi connectivity index (χ4n) is 0.683. The molecular weight excluding hydrogens is 164 g/mol. The average Bonchev–Trinajstić information content (AvgIpc) is 2.14. The molecule has 0 amide bonds. The van der Waals surface area contributed by atoms with E-state index >= 15 is 0 Å². The van der Waals surface area contributed by atoms with Crippen molar-refractivity contribution >= 4 is 5.97 Å². The van der Waals surface area contributed by atoms with Gasteiger partial charge < -0.3 is 4.74 Å². The van der Waals surface area contributed by atoms with Crippen LogP contribution in [0.3, 0.4) is 0 Å². The van der Waals surface area contributed by atoms with E-state index in [2.05, 4.69) is 6.58 Å². The maximum atomic E-state index is 10.9. The standard InChI is InChI=1S/C11H16O2/c1-3-5-7-8-10-13-11(12)9-6-4-2/h3,5,7-8,10H,1,4,6,9H2,2H3/b7-5-,10-8+. The van der Waals surface area contributed by atoms with Gasteiger partial charge in [0.25, 0.3) is 0 Å². The highest BCUT2D eigenvalue weighted by atomic mass is 16.5. The Bertz CT molecular complexity index is 202. The average molecular weight is 180 g/mol. The van der Waals surface area contributed by atoms with Crippen molar-refractivity contribution in [3.8, 4) is 0 Å². The topological polar surface area (TPSA) is 26.3 Å². The lowest BCUT2D eigenvalue weighted by Crippen LogP contribution is -1.97. The molecule has 13 heavy (non-hydrogen) atoms. The molecule has 0 aliphatic heterocycles. The minimum atomic E-state index is -0.176. The van der Waals surface area contributed by atoms with Crippen LogP contribution in [0.1, 0.15) is 26.2 Å². The van der Waals surface area contributed by atoms with Crippen LogP contribution in [0.15, 0.2) is 37.1 Å². The lowest BCUT2D eigenvalue weighted by atomic mass is 10.3. The van der Waals surface area contributed by atoms with E-state index in [0.717, 1.165) is 12.8 Å². The quantitative estimate of drug-likeness (QED) is 0.357. The summed E-state index contributed by atoms with van der Waals surface area (Å²) >= 11 is 0. The molecule has 0 aromatic rings. The molecule has 72 valence electrons. The number of carbonyl (C=O) groups is 1. The molecule has 0 atom stereocenters. The van der Waals surface area contributed by atoms with Crippen LogP contribution in [-0.4, -0.2) is 5.97 Å². The number of ether oxygens (including phenoxy) is 1. The van der Waals surface area contributed by atoms with Gasteiger partial charge in [-0.3, -0.25) is 4.79 Å². The third kappa shape index (κ3) is 8.60. The van der Waals surface area contributed by atoms with E-state index in [-0.39, 0.29) is 5.97 Å². The van der Waals surface area contributed by atoms with Gasteiger partial charge in [0, 0.05) is 6.42 Å². The molecule has 0 aromatic heterocycles. The summed E-state index contributed by atoms with van der Waals surface area (Å²) in [5.41, 5.74) is 0. The second-order valence-electron chi connectivity index (χ2n) is 2.54. The summed E-state index contributed by atoms with van der Waals surface area (Å²) in [6, 6.07) is 0. The zero-order valence-electron chi connectivity index (χ0n) is 8.03. The number of hydrogen-bond acceptors (Lipinski definition) is 2. The number of carbonyl (C=O) groups excluding carboxylic acids is 1. The Hall–Kier alpha value is -1.31. The van der Waals surface area contributed by atoms with E-state index in [9.17, 15) is 4.79 Å². The van der Waals surface area contributed by atoms with Gasteiger partial charge in [-0.15, -0.1) is 0 Å². The van der Waals surface area contributed by atoms with E-state index in [1.165, 1.54) is 6.26 Å². The van der Waals surface area contributed by atoms with Crippen LogP contribution in [0.4, 0.5) is 0 Å². The fraction of sp³-hybridized carbons (Fsp3) is 0.364. The van der Waals surface area contributed by atoms with Gasteiger partial charge in [0.2, 0.25) is 0 Å². The predicted octanol–water partition coefficient (Wildman–Crippen LogP) is 2.98. The summed E-state index contributed by atoms with van der Waals surface area (Å²) in [6.07, 6.45) is 10.6. The Kier molecular flexibility index (Phi) is 7.90. The summed E-state index contributed by atoms with van der Waals surface area (Å²) < 4.78 is 4.79. The van der Waals surface area contributed by atoms with Crippen molar-refractivity contribution in [2.75, 3.05) is 0 Å². The SMILES string of the molecule is C=C/C=C\C=C\OC(=O)CCCC. The van der Waals surface area contributed by atoms with E-state index in [1.807, 2.05) is 6.92 Å². The fourth-order valence-corrected chi connectivity index (χ4v) is 0.683. The van der Waals surface area contributed by atoms with Crippen LogP contribution in [-0.2, 0) is 9.53 Å². The number of rotatable bonds is 6. The van der Waals surface area contributed by atoms with Gasteiger partial charge in [-0.05, 0) is 12.5 Å². The lowest BCUT2D eigenvalue weighted by molar-refractivity contribution is -0.138. The Morgan fingerprint density at radius 3 is 2.77 bits per heavy atom. The van der Waals surface area contributed by atoms with Crippen molar-refractivity contribution < 1.29 is 9.53 Å². The zero-order chi connectivity index (χ0) is 9.94. The number of esters is 1. The van der Waals surface area contributed by atoms with Crippen LogP contribution >= 0.6 is 0 Å². The molecule has 0 aliphatic rings. The van der Waals surface area contributed by atoms with Crippen LogP contribution in [0.5, 0.6) is 0 Å². The largest absolute Gasteiger partial charge is 0.434 e. The Labute approximate surface area is 79.6 Å². The van der Waals surface area contributed by atoms with Crippen molar-refractivity contribution in [3.63, 3.8) is 0 Å². The number of allylic oxidation sites excluding steroid dienone is 4. The maximum Gasteiger partial charge on any atom is 0.310 e. The normalized spacial score (nSPS) is 10.8. The van der Waals surface area contributed by atoms with Crippen LogP contribution in [0.2, 0.25) is 0 Å². The lowest BCUT2D eigenvalue weighted by Gasteiger charge is -1.95. The molecule has 0 fully saturated rings. The first-order valence-corrected chi connectivity index (χ1v) is 4.45. The molecule has 0 saturated carbocycles. The first-order valence-electron chi connectivity index (χ1n) is 4.45. The Balaban J connectivity index is 3.50. The molecule has 0 bridgehead atoms. The molecule has 0 heterocycles. The van der Waals surface area contributed by atoms with Crippen LogP contribution < -0.4 is 0 Å². The van der Waals surface area contributed by atoms with Gasteiger partial charge in [-0.25, -0.2) is 0 Å². The van der Waals surface area contributed by atoms with Crippen molar-refractivity contribution in [1.29, 1.82) is 0 Å². The summed E-state index contributed by atoms with van der Waals surface area (Å²) in [6.45, 7) is 5.54. The smallest absolute Gasteiger partial charge is 0.310 e. The second-order valence-corrected chi connectivity index (χ2v) is 2.54.